The largest absolute Gasteiger partial charge is 0.392 e. The maximum atomic E-state index is 10.2. The average Bonchev–Trinajstić information content (AvgIpc) is 2.24. The molecule has 0 spiro atoms. The highest BCUT2D eigenvalue weighted by Crippen LogP contribution is 2.45. The minimum atomic E-state index is -0.192. The van der Waals surface area contributed by atoms with Crippen LogP contribution in [0.5, 0.6) is 0 Å². The third-order valence-corrected chi connectivity index (χ3v) is 4.76. The van der Waals surface area contributed by atoms with Crippen LogP contribution >= 0.6 is 0 Å². The first-order valence-corrected chi connectivity index (χ1v) is 8.10. The van der Waals surface area contributed by atoms with Crippen LogP contribution in [-0.2, 0) is 0 Å². The van der Waals surface area contributed by atoms with Crippen molar-refractivity contribution in [2.75, 3.05) is 6.54 Å². The van der Waals surface area contributed by atoms with Gasteiger partial charge in [0.2, 0.25) is 0 Å². The lowest BCUT2D eigenvalue weighted by Crippen LogP contribution is -2.46. The van der Waals surface area contributed by atoms with Gasteiger partial charge in [0.05, 0.1) is 6.10 Å². The fourth-order valence-electron chi connectivity index (χ4n) is 4.28. The Balaban J connectivity index is 2.48. The molecule has 0 bridgehead atoms. The predicted octanol–water partition coefficient (Wildman–Crippen LogP) is 3.98. The van der Waals surface area contributed by atoms with Crippen LogP contribution in [-0.4, -0.2) is 23.8 Å². The second kappa shape index (κ2) is 6.58. The van der Waals surface area contributed by atoms with Gasteiger partial charge in [0, 0.05) is 12.6 Å². The maximum Gasteiger partial charge on any atom is 0.0692 e. The maximum absolute atomic E-state index is 10.2. The molecule has 1 fully saturated rings. The van der Waals surface area contributed by atoms with Crippen LogP contribution in [0.2, 0.25) is 0 Å². The Kier molecular flexibility index (Phi) is 5.88. The molecule has 0 aromatic carbocycles. The highest BCUT2D eigenvalue weighted by Gasteiger charge is 2.38. The molecule has 1 saturated carbocycles. The molecule has 2 nitrogen and oxygen atoms in total. The van der Waals surface area contributed by atoms with E-state index in [1.165, 1.54) is 19.3 Å². The zero-order valence-electron chi connectivity index (χ0n) is 13.9. The van der Waals surface area contributed by atoms with Crippen molar-refractivity contribution < 1.29 is 5.11 Å². The van der Waals surface area contributed by atoms with Gasteiger partial charge in [0.15, 0.2) is 0 Å². The smallest absolute Gasteiger partial charge is 0.0692 e. The van der Waals surface area contributed by atoms with Crippen molar-refractivity contribution in [3.8, 4) is 0 Å². The number of aliphatic hydroxyl groups is 1. The minimum absolute atomic E-state index is 0.192. The standard InChI is InChI=1S/C17H35NO/c1-7-13(8-2)15(19)11-18-14-9-16(3,4)12-17(5,6)10-14/h13-15,18-19H,7-12H2,1-6H3. The first-order chi connectivity index (χ1) is 8.69. The summed E-state index contributed by atoms with van der Waals surface area (Å²) >= 11 is 0. The van der Waals surface area contributed by atoms with Gasteiger partial charge >= 0.3 is 0 Å². The Morgan fingerprint density at radius 1 is 1.05 bits per heavy atom. The van der Waals surface area contributed by atoms with Crippen molar-refractivity contribution in [2.24, 2.45) is 16.7 Å². The molecule has 0 aliphatic heterocycles. The lowest BCUT2D eigenvalue weighted by atomic mass is 9.63. The van der Waals surface area contributed by atoms with E-state index in [2.05, 4.69) is 46.9 Å². The highest BCUT2D eigenvalue weighted by atomic mass is 16.3. The second-order valence-electron chi connectivity index (χ2n) is 8.16. The lowest BCUT2D eigenvalue weighted by Gasteiger charge is -2.45. The topological polar surface area (TPSA) is 32.3 Å². The Hall–Kier alpha value is -0.0800. The van der Waals surface area contributed by atoms with Crippen LogP contribution in [0.25, 0.3) is 0 Å². The van der Waals surface area contributed by atoms with Gasteiger partial charge in [-0.25, -0.2) is 0 Å². The van der Waals surface area contributed by atoms with Crippen LogP contribution in [0.1, 0.15) is 73.6 Å². The van der Waals surface area contributed by atoms with E-state index in [4.69, 9.17) is 0 Å². The molecule has 1 aliphatic carbocycles. The van der Waals surface area contributed by atoms with Crippen LogP contribution in [0, 0.1) is 16.7 Å². The van der Waals surface area contributed by atoms with E-state index >= 15 is 0 Å². The SMILES string of the molecule is CCC(CC)C(O)CNC1CC(C)(C)CC(C)(C)C1. The van der Waals surface area contributed by atoms with E-state index in [0.29, 0.717) is 22.8 Å². The monoisotopic (exact) mass is 269 g/mol. The van der Waals surface area contributed by atoms with Gasteiger partial charge in [-0.2, -0.15) is 0 Å². The molecule has 2 heteroatoms. The fourth-order valence-corrected chi connectivity index (χ4v) is 4.28. The molecule has 1 atom stereocenters. The summed E-state index contributed by atoms with van der Waals surface area (Å²) in [6.07, 6.45) is 5.70. The van der Waals surface area contributed by atoms with Gasteiger partial charge in [-0.1, -0.05) is 54.4 Å². The summed E-state index contributed by atoms with van der Waals surface area (Å²) in [5.74, 6) is 0.442. The summed E-state index contributed by atoms with van der Waals surface area (Å²) in [5.41, 5.74) is 0.832. The molecule has 0 amide bonds. The van der Waals surface area contributed by atoms with Crippen molar-refractivity contribution >= 4 is 0 Å². The van der Waals surface area contributed by atoms with E-state index in [1.807, 2.05) is 0 Å². The summed E-state index contributed by atoms with van der Waals surface area (Å²) < 4.78 is 0. The van der Waals surface area contributed by atoms with Crippen LogP contribution < -0.4 is 5.32 Å². The van der Waals surface area contributed by atoms with Crippen molar-refractivity contribution in [2.45, 2.75) is 85.8 Å². The van der Waals surface area contributed by atoms with Gasteiger partial charge in [0.1, 0.15) is 0 Å². The van der Waals surface area contributed by atoms with Gasteiger partial charge < -0.3 is 10.4 Å². The molecule has 2 N–H and O–H groups in total. The summed E-state index contributed by atoms with van der Waals surface area (Å²) in [6.45, 7) is 14.6. The molecule has 114 valence electrons. The first kappa shape index (κ1) is 17.0. The normalized spacial score (nSPS) is 24.6. The van der Waals surface area contributed by atoms with Crippen LogP contribution in [0.15, 0.2) is 0 Å². The van der Waals surface area contributed by atoms with E-state index in [9.17, 15) is 5.11 Å². The Morgan fingerprint density at radius 3 is 1.95 bits per heavy atom. The number of nitrogens with one attached hydrogen (secondary N) is 1. The Labute approximate surface area is 120 Å². The molecule has 0 radical (unpaired) electrons. The van der Waals surface area contributed by atoms with E-state index in [-0.39, 0.29) is 6.10 Å². The van der Waals surface area contributed by atoms with Gasteiger partial charge in [-0.05, 0) is 36.0 Å². The van der Waals surface area contributed by atoms with E-state index in [1.54, 1.807) is 0 Å². The summed E-state index contributed by atoms with van der Waals surface area (Å²) in [5, 5.41) is 13.9. The quantitative estimate of drug-likeness (QED) is 0.764. The third kappa shape index (κ3) is 5.43. The molecule has 1 aliphatic rings. The fraction of sp³-hybridized carbons (Fsp3) is 1.00. The van der Waals surface area contributed by atoms with E-state index < -0.39 is 0 Å². The predicted molar refractivity (Wildman–Crippen MR) is 83.3 cm³/mol. The number of rotatable bonds is 6. The summed E-state index contributed by atoms with van der Waals surface area (Å²) in [7, 11) is 0. The Bertz CT molecular complexity index is 252. The lowest BCUT2D eigenvalue weighted by molar-refractivity contribution is 0.0623. The van der Waals surface area contributed by atoms with E-state index in [0.717, 1.165) is 19.4 Å². The average molecular weight is 269 g/mol. The summed E-state index contributed by atoms with van der Waals surface area (Å²) in [6, 6.07) is 0.558. The number of hydrogen-bond acceptors (Lipinski definition) is 2. The van der Waals surface area contributed by atoms with Crippen molar-refractivity contribution in [3.05, 3.63) is 0 Å². The molecule has 0 aromatic rings. The number of hydrogen-bond donors (Lipinski definition) is 2. The van der Waals surface area contributed by atoms with Gasteiger partial charge in [-0.3, -0.25) is 0 Å². The van der Waals surface area contributed by atoms with Crippen molar-refractivity contribution in [1.29, 1.82) is 0 Å². The molecule has 0 aromatic heterocycles. The second-order valence-corrected chi connectivity index (χ2v) is 8.16. The molecular weight excluding hydrogens is 234 g/mol. The molecule has 19 heavy (non-hydrogen) atoms. The Morgan fingerprint density at radius 2 is 1.53 bits per heavy atom. The zero-order chi connectivity index (χ0) is 14.7. The highest BCUT2D eigenvalue weighted by molar-refractivity contribution is 4.92. The molecular formula is C17H35NO. The number of aliphatic hydroxyl groups excluding tert-OH is 1. The van der Waals surface area contributed by atoms with Crippen molar-refractivity contribution in [3.63, 3.8) is 0 Å². The molecule has 1 rings (SSSR count). The molecule has 1 unspecified atom stereocenters. The molecule has 0 heterocycles. The van der Waals surface area contributed by atoms with Crippen LogP contribution in [0.4, 0.5) is 0 Å². The molecule has 0 saturated heterocycles. The summed E-state index contributed by atoms with van der Waals surface area (Å²) in [4.78, 5) is 0. The van der Waals surface area contributed by atoms with Crippen molar-refractivity contribution in [1.82, 2.24) is 5.32 Å². The van der Waals surface area contributed by atoms with Crippen LogP contribution in [0.3, 0.4) is 0 Å². The third-order valence-electron chi connectivity index (χ3n) is 4.76. The first-order valence-electron chi connectivity index (χ1n) is 8.10. The van der Waals surface area contributed by atoms with Gasteiger partial charge in [-0.15, -0.1) is 0 Å². The zero-order valence-corrected chi connectivity index (χ0v) is 13.9. The minimum Gasteiger partial charge on any atom is -0.392 e. The van der Waals surface area contributed by atoms with Gasteiger partial charge in [0.25, 0.3) is 0 Å².